The number of rotatable bonds is 4. The van der Waals surface area contributed by atoms with Crippen molar-refractivity contribution < 1.29 is 4.79 Å². The molecule has 1 saturated heterocycles. The maximum atomic E-state index is 12.5. The predicted molar refractivity (Wildman–Crippen MR) is 89.2 cm³/mol. The summed E-state index contributed by atoms with van der Waals surface area (Å²) >= 11 is 6.15. The molecule has 22 heavy (non-hydrogen) atoms. The van der Waals surface area contributed by atoms with Crippen molar-refractivity contribution in [1.82, 2.24) is 19.6 Å². The molecule has 124 valence electrons. The Bertz CT molecular complexity index is 534. The number of hydrogen-bond donors (Lipinski definition) is 0. The molecule has 2 rings (SSSR count). The molecule has 0 unspecified atom stereocenters. The number of carbonyl (C=O) groups is 1. The van der Waals surface area contributed by atoms with Crippen molar-refractivity contribution in [1.29, 1.82) is 0 Å². The average molecular weight is 327 g/mol. The van der Waals surface area contributed by atoms with Gasteiger partial charge in [-0.1, -0.05) is 11.6 Å². The van der Waals surface area contributed by atoms with Crippen LogP contribution in [0.4, 0.5) is 0 Å². The second kappa shape index (κ2) is 7.01. The van der Waals surface area contributed by atoms with Crippen LogP contribution >= 0.6 is 11.6 Å². The quantitative estimate of drug-likeness (QED) is 0.853. The van der Waals surface area contributed by atoms with Gasteiger partial charge in [-0.25, -0.2) is 0 Å². The molecule has 0 radical (unpaired) electrons. The molecule has 0 bridgehead atoms. The standard InChI is InChI=1S/C16H27ClN4O/c1-11-16(17)13(3)21(18-11)10-15(22)20(5)12(2)14-6-8-19(4)9-7-14/h12,14H,6-10H2,1-5H3/t12-/m1/s1. The third-order valence-corrected chi connectivity index (χ3v) is 5.57. The Kier molecular flexibility index (Phi) is 5.50. The molecule has 1 atom stereocenters. The van der Waals surface area contributed by atoms with Gasteiger partial charge in [0.2, 0.25) is 5.91 Å². The topological polar surface area (TPSA) is 41.4 Å². The number of likely N-dealkylation sites (tertiary alicyclic amines) is 1. The Labute approximate surface area is 138 Å². The maximum absolute atomic E-state index is 12.5. The molecule has 1 fully saturated rings. The first-order valence-corrected chi connectivity index (χ1v) is 8.32. The van der Waals surface area contributed by atoms with Crippen molar-refractivity contribution in [2.75, 3.05) is 27.2 Å². The molecule has 0 spiro atoms. The first-order valence-electron chi connectivity index (χ1n) is 7.95. The number of hydrogen-bond acceptors (Lipinski definition) is 3. The van der Waals surface area contributed by atoms with Crippen molar-refractivity contribution in [2.45, 2.75) is 46.2 Å². The van der Waals surface area contributed by atoms with Crippen LogP contribution in [-0.4, -0.2) is 58.7 Å². The molecule has 0 aromatic carbocycles. The van der Waals surface area contributed by atoms with E-state index in [1.165, 1.54) is 0 Å². The molecule has 0 saturated carbocycles. The summed E-state index contributed by atoms with van der Waals surface area (Å²) in [5, 5.41) is 5.00. The van der Waals surface area contributed by atoms with Gasteiger partial charge in [0.15, 0.2) is 0 Å². The van der Waals surface area contributed by atoms with Gasteiger partial charge in [-0.05, 0) is 59.7 Å². The van der Waals surface area contributed by atoms with Gasteiger partial charge >= 0.3 is 0 Å². The van der Waals surface area contributed by atoms with Crippen molar-refractivity contribution in [2.24, 2.45) is 5.92 Å². The van der Waals surface area contributed by atoms with Crippen LogP contribution in [0.1, 0.15) is 31.2 Å². The van der Waals surface area contributed by atoms with Crippen molar-refractivity contribution >= 4 is 17.5 Å². The highest BCUT2D eigenvalue weighted by molar-refractivity contribution is 6.31. The lowest BCUT2D eigenvalue weighted by atomic mass is 9.90. The zero-order chi connectivity index (χ0) is 16.4. The number of aryl methyl sites for hydroxylation is 1. The summed E-state index contributed by atoms with van der Waals surface area (Å²) in [5.41, 5.74) is 1.63. The monoisotopic (exact) mass is 326 g/mol. The smallest absolute Gasteiger partial charge is 0.244 e. The summed E-state index contributed by atoms with van der Waals surface area (Å²) in [6.07, 6.45) is 2.31. The van der Waals surface area contributed by atoms with Gasteiger partial charge in [0, 0.05) is 13.1 Å². The highest BCUT2D eigenvalue weighted by Gasteiger charge is 2.27. The number of carbonyl (C=O) groups excluding carboxylic acids is 1. The number of piperidine rings is 1. The summed E-state index contributed by atoms with van der Waals surface area (Å²) < 4.78 is 1.71. The van der Waals surface area contributed by atoms with E-state index < -0.39 is 0 Å². The minimum absolute atomic E-state index is 0.0914. The lowest BCUT2D eigenvalue weighted by Crippen LogP contribution is -2.45. The van der Waals surface area contributed by atoms with Gasteiger partial charge in [0.25, 0.3) is 0 Å². The molecular formula is C16H27ClN4O. The molecule has 1 aliphatic heterocycles. The normalized spacial score (nSPS) is 18.5. The SMILES string of the molecule is Cc1nn(CC(=O)N(C)[C@H](C)C2CCN(C)CC2)c(C)c1Cl. The van der Waals surface area contributed by atoms with E-state index in [1.54, 1.807) is 4.68 Å². The zero-order valence-corrected chi connectivity index (χ0v) is 15.0. The zero-order valence-electron chi connectivity index (χ0n) is 14.3. The lowest BCUT2D eigenvalue weighted by molar-refractivity contribution is -0.133. The second-order valence-corrected chi connectivity index (χ2v) is 6.91. The fraction of sp³-hybridized carbons (Fsp3) is 0.750. The number of aromatic nitrogens is 2. The van der Waals surface area contributed by atoms with Crippen molar-refractivity contribution in [3.05, 3.63) is 16.4 Å². The molecule has 0 aliphatic carbocycles. The van der Waals surface area contributed by atoms with Crippen LogP contribution in [0.5, 0.6) is 0 Å². The van der Waals surface area contributed by atoms with Gasteiger partial charge in [-0.2, -0.15) is 5.10 Å². The van der Waals surface area contributed by atoms with Crippen LogP contribution in [-0.2, 0) is 11.3 Å². The summed E-state index contributed by atoms with van der Waals surface area (Å²) in [6, 6.07) is 0.258. The molecule has 2 heterocycles. The molecular weight excluding hydrogens is 300 g/mol. The Morgan fingerprint density at radius 2 is 2.00 bits per heavy atom. The highest BCUT2D eigenvalue weighted by Crippen LogP contribution is 2.23. The largest absolute Gasteiger partial charge is 0.341 e. The van der Waals surface area contributed by atoms with E-state index in [0.717, 1.165) is 37.3 Å². The van der Waals surface area contributed by atoms with E-state index >= 15 is 0 Å². The molecule has 5 nitrogen and oxygen atoms in total. The lowest BCUT2D eigenvalue weighted by Gasteiger charge is -2.37. The van der Waals surface area contributed by atoms with Crippen LogP contribution in [0.3, 0.4) is 0 Å². The summed E-state index contributed by atoms with van der Waals surface area (Å²) in [6.45, 7) is 8.40. The van der Waals surface area contributed by atoms with E-state index in [0.29, 0.717) is 10.9 Å². The molecule has 1 aliphatic rings. The van der Waals surface area contributed by atoms with Crippen LogP contribution < -0.4 is 0 Å². The number of nitrogens with zero attached hydrogens (tertiary/aromatic N) is 4. The predicted octanol–water partition coefficient (Wildman–Crippen LogP) is 2.34. The molecule has 1 amide bonds. The van der Waals surface area contributed by atoms with Crippen LogP contribution in [0.25, 0.3) is 0 Å². The molecule has 0 N–H and O–H groups in total. The number of likely N-dealkylation sites (N-methyl/N-ethyl adjacent to an activating group) is 1. The second-order valence-electron chi connectivity index (χ2n) is 6.53. The molecule has 1 aromatic rings. The minimum Gasteiger partial charge on any atom is -0.341 e. The number of amides is 1. The van der Waals surface area contributed by atoms with Gasteiger partial charge < -0.3 is 9.80 Å². The van der Waals surface area contributed by atoms with E-state index in [1.807, 2.05) is 25.8 Å². The van der Waals surface area contributed by atoms with Gasteiger partial charge in [-0.15, -0.1) is 0 Å². The van der Waals surface area contributed by atoms with Gasteiger partial charge in [0.05, 0.1) is 16.4 Å². The summed E-state index contributed by atoms with van der Waals surface area (Å²) in [7, 11) is 4.06. The average Bonchev–Trinajstić information content (AvgIpc) is 2.73. The van der Waals surface area contributed by atoms with Crippen LogP contribution in [0.2, 0.25) is 5.02 Å². The van der Waals surface area contributed by atoms with E-state index in [9.17, 15) is 4.79 Å². The fourth-order valence-electron chi connectivity index (χ4n) is 3.12. The van der Waals surface area contributed by atoms with Gasteiger partial charge in [-0.3, -0.25) is 9.48 Å². The Balaban J connectivity index is 1.98. The van der Waals surface area contributed by atoms with Gasteiger partial charge in [0.1, 0.15) is 6.54 Å². The summed E-state index contributed by atoms with van der Waals surface area (Å²) in [4.78, 5) is 16.8. The first-order chi connectivity index (χ1) is 10.3. The Morgan fingerprint density at radius 3 is 2.50 bits per heavy atom. The van der Waals surface area contributed by atoms with Crippen molar-refractivity contribution in [3.8, 4) is 0 Å². The van der Waals surface area contributed by atoms with E-state index in [4.69, 9.17) is 11.6 Å². The highest BCUT2D eigenvalue weighted by atomic mass is 35.5. The molecule has 1 aromatic heterocycles. The van der Waals surface area contributed by atoms with Crippen LogP contribution in [0, 0.1) is 19.8 Å². The Hall–Kier alpha value is -1.07. The third-order valence-electron chi connectivity index (χ3n) is 5.03. The van der Waals surface area contributed by atoms with E-state index in [2.05, 4.69) is 24.0 Å². The van der Waals surface area contributed by atoms with E-state index in [-0.39, 0.29) is 18.5 Å². The maximum Gasteiger partial charge on any atom is 0.244 e. The summed E-state index contributed by atoms with van der Waals surface area (Å²) in [5.74, 6) is 0.669. The third kappa shape index (κ3) is 3.63. The van der Waals surface area contributed by atoms with Crippen molar-refractivity contribution in [3.63, 3.8) is 0 Å². The van der Waals surface area contributed by atoms with Crippen LogP contribution in [0.15, 0.2) is 0 Å². The minimum atomic E-state index is 0.0914. The number of halogens is 1. The Morgan fingerprint density at radius 1 is 1.41 bits per heavy atom. The molecule has 6 heteroatoms. The first kappa shape index (κ1) is 17.3. The fourth-order valence-corrected chi connectivity index (χ4v) is 3.26.